The zero-order valence-electron chi connectivity index (χ0n) is 30.4. The number of benzene rings is 4. The highest BCUT2D eigenvalue weighted by molar-refractivity contribution is 7.99. The summed E-state index contributed by atoms with van der Waals surface area (Å²) in [5, 5.41) is 23.0. The van der Waals surface area contributed by atoms with E-state index >= 15 is 0 Å². The molecule has 4 unspecified atom stereocenters. The summed E-state index contributed by atoms with van der Waals surface area (Å²) < 4.78 is 45.6. The quantitative estimate of drug-likeness (QED) is 0.117. The molecule has 0 saturated carbocycles. The molecule has 10 atom stereocenters. The zero-order valence-corrected chi connectivity index (χ0v) is 31.2. The topological polar surface area (TPSA) is 105 Å². The van der Waals surface area contributed by atoms with Gasteiger partial charge in [0.05, 0.1) is 45.7 Å². The number of aliphatic hydroxyl groups is 2. The van der Waals surface area contributed by atoms with Gasteiger partial charge in [-0.3, -0.25) is 0 Å². The SMILES string of the molecule is CCSC1OC(COCc2ccccc2)[C@@H](OC2OC(COCc3ccccc3)[C@H](O)[C@H](O)[C@@H]2OCc2ccccc2)[C@@H](OCc2ccccc2)[C@@H]1C. The van der Waals surface area contributed by atoms with Crippen LogP contribution in [-0.2, 0) is 59.6 Å². The molecule has 9 nitrogen and oxygen atoms in total. The third-order valence-electron chi connectivity index (χ3n) is 9.57. The zero-order chi connectivity index (χ0) is 36.8. The molecule has 2 fully saturated rings. The molecule has 0 amide bonds. The lowest BCUT2D eigenvalue weighted by Crippen LogP contribution is -2.63. The van der Waals surface area contributed by atoms with Gasteiger partial charge in [0.1, 0.15) is 42.1 Å². The van der Waals surface area contributed by atoms with E-state index < -0.39 is 49.0 Å². The molecule has 2 saturated heterocycles. The van der Waals surface area contributed by atoms with Gasteiger partial charge in [-0.05, 0) is 28.0 Å². The maximum Gasteiger partial charge on any atom is 0.187 e. The maximum absolute atomic E-state index is 11.6. The minimum atomic E-state index is -1.33. The van der Waals surface area contributed by atoms with E-state index in [-0.39, 0.29) is 31.2 Å². The molecular weight excluding hydrogens is 693 g/mol. The fourth-order valence-corrected chi connectivity index (χ4v) is 7.70. The summed E-state index contributed by atoms with van der Waals surface area (Å²) >= 11 is 1.72. The fraction of sp³-hybridized carbons (Fsp3) is 0.442. The number of ether oxygens (including phenoxy) is 7. The minimum absolute atomic E-state index is 0.0305. The van der Waals surface area contributed by atoms with Gasteiger partial charge in [0, 0.05) is 5.92 Å². The molecule has 2 N–H and O–H groups in total. The van der Waals surface area contributed by atoms with Crippen molar-refractivity contribution in [3.8, 4) is 0 Å². The van der Waals surface area contributed by atoms with E-state index in [1.807, 2.05) is 121 Å². The van der Waals surface area contributed by atoms with Gasteiger partial charge in [-0.15, -0.1) is 11.8 Å². The molecule has 53 heavy (non-hydrogen) atoms. The highest BCUT2D eigenvalue weighted by Gasteiger charge is 2.51. The standard InChI is InChI=1S/C43H52O9S/c1-3-53-43-30(2)39(48-26-33-20-12-6-13-21-33)40(36(51-43)29-47-25-32-18-10-5-11-19-32)52-42-41(49-27-34-22-14-7-15-23-34)38(45)37(44)35(50-42)28-46-24-31-16-8-4-9-17-31/h4-23,30,35-45H,3,24-29H2,1-2H3/t30-,35?,36?,37-,38-,39-,40+,41-,42?,43?/m0/s1. The molecule has 4 aromatic carbocycles. The first kappa shape index (κ1) is 39.6. The van der Waals surface area contributed by atoms with E-state index in [9.17, 15) is 10.2 Å². The monoisotopic (exact) mass is 744 g/mol. The highest BCUT2D eigenvalue weighted by atomic mass is 32.2. The molecule has 0 bridgehead atoms. The van der Waals surface area contributed by atoms with E-state index in [0.29, 0.717) is 19.8 Å². The van der Waals surface area contributed by atoms with Crippen LogP contribution in [0.1, 0.15) is 36.1 Å². The van der Waals surface area contributed by atoms with Gasteiger partial charge in [-0.2, -0.15) is 0 Å². The Balaban J connectivity index is 1.26. The first-order chi connectivity index (χ1) is 26.0. The van der Waals surface area contributed by atoms with Crippen LogP contribution in [-0.4, -0.2) is 83.6 Å². The molecule has 2 aliphatic rings. The Morgan fingerprint density at radius 2 is 1.00 bits per heavy atom. The Bertz CT molecular complexity index is 1580. The second-order valence-corrected chi connectivity index (χ2v) is 14.9. The van der Waals surface area contributed by atoms with Crippen LogP contribution in [0.25, 0.3) is 0 Å². The summed E-state index contributed by atoms with van der Waals surface area (Å²) in [6.07, 6.45) is -7.30. The molecule has 0 spiro atoms. The van der Waals surface area contributed by atoms with E-state index in [1.165, 1.54) is 0 Å². The summed E-state index contributed by atoms with van der Waals surface area (Å²) in [6.45, 7) is 5.76. The second kappa shape index (κ2) is 20.5. The molecule has 0 aliphatic carbocycles. The van der Waals surface area contributed by atoms with Gasteiger partial charge in [-0.25, -0.2) is 0 Å². The van der Waals surface area contributed by atoms with Crippen LogP contribution in [0.5, 0.6) is 0 Å². The third-order valence-corrected chi connectivity index (χ3v) is 10.8. The molecule has 0 aromatic heterocycles. The summed E-state index contributed by atoms with van der Waals surface area (Å²) in [7, 11) is 0. The van der Waals surface area contributed by atoms with Crippen molar-refractivity contribution in [2.75, 3.05) is 19.0 Å². The van der Waals surface area contributed by atoms with Gasteiger partial charge in [-0.1, -0.05) is 135 Å². The van der Waals surface area contributed by atoms with Crippen molar-refractivity contribution in [1.29, 1.82) is 0 Å². The van der Waals surface area contributed by atoms with Crippen molar-refractivity contribution in [2.24, 2.45) is 5.92 Å². The molecule has 6 rings (SSSR count). The lowest BCUT2D eigenvalue weighted by Gasteiger charge is -2.49. The van der Waals surface area contributed by atoms with Crippen LogP contribution < -0.4 is 0 Å². The summed E-state index contributed by atoms with van der Waals surface area (Å²) in [5.74, 6) is 0.784. The van der Waals surface area contributed by atoms with Crippen molar-refractivity contribution in [3.63, 3.8) is 0 Å². The van der Waals surface area contributed by atoms with E-state index in [4.69, 9.17) is 33.2 Å². The van der Waals surface area contributed by atoms with Gasteiger partial charge in [0.15, 0.2) is 6.29 Å². The number of aliphatic hydroxyl groups excluding tert-OH is 2. The van der Waals surface area contributed by atoms with Crippen LogP contribution >= 0.6 is 11.8 Å². The van der Waals surface area contributed by atoms with E-state index in [2.05, 4.69) is 13.8 Å². The number of hydrogen-bond donors (Lipinski definition) is 2. The second-order valence-electron chi connectivity index (χ2n) is 13.5. The Labute approximate surface area is 317 Å². The number of rotatable bonds is 18. The Kier molecular flexibility index (Phi) is 15.3. The lowest BCUT2D eigenvalue weighted by molar-refractivity contribution is -0.347. The van der Waals surface area contributed by atoms with Crippen LogP contribution in [0, 0.1) is 5.92 Å². The normalized spacial score (nSPS) is 28.8. The molecule has 10 heteroatoms. The van der Waals surface area contributed by atoms with Crippen molar-refractivity contribution < 1.29 is 43.4 Å². The van der Waals surface area contributed by atoms with Crippen molar-refractivity contribution >= 4 is 11.8 Å². The van der Waals surface area contributed by atoms with Gasteiger partial charge < -0.3 is 43.4 Å². The third kappa shape index (κ3) is 11.2. The minimum Gasteiger partial charge on any atom is -0.387 e. The molecule has 2 heterocycles. The smallest absolute Gasteiger partial charge is 0.187 e. The maximum atomic E-state index is 11.6. The molecule has 2 aliphatic heterocycles. The first-order valence-electron chi connectivity index (χ1n) is 18.5. The van der Waals surface area contributed by atoms with Gasteiger partial charge >= 0.3 is 0 Å². The largest absolute Gasteiger partial charge is 0.387 e. The van der Waals surface area contributed by atoms with Gasteiger partial charge in [0.2, 0.25) is 0 Å². The summed E-state index contributed by atoms with van der Waals surface area (Å²) in [5.41, 5.74) is 3.81. The molecule has 0 radical (unpaired) electrons. The predicted octanol–water partition coefficient (Wildman–Crippen LogP) is 6.54. The molecular formula is C43H52O9S. The van der Waals surface area contributed by atoms with Crippen molar-refractivity contribution in [1.82, 2.24) is 0 Å². The lowest BCUT2D eigenvalue weighted by atomic mass is 9.92. The Morgan fingerprint density at radius 3 is 1.49 bits per heavy atom. The average Bonchev–Trinajstić information content (AvgIpc) is 3.19. The van der Waals surface area contributed by atoms with Crippen LogP contribution in [0.4, 0.5) is 0 Å². The Morgan fingerprint density at radius 1 is 0.547 bits per heavy atom. The predicted molar refractivity (Wildman–Crippen MR) is 204 cm³/mol. The van der Waals surface area contributed by atoms with Crippen LogP contribution in [0.3, 0.4) is 0 Å². The van der Waals surface area contributed by atoms with E-state index in [1.54, 1.807) is 11.8 Å². The Hall–Kier alpha value is -3.13. The van der Waals surface area contributed by atoms with Gasteiger partial charge in [0.25, 0.3) is 0 Å². The summed E-state index contributed by atoms with van der Waals surface area (Å²) in [6, 6.07) is 39.5. The molecule has 4 aromatic rings. The average molecular weight is 745 g/mol. The highest BCUT2D eigenvalue weighted by Crippen LogP contribution is 2.38. The fourth-order valence-electron chi connectivity index (χ4n) is 6.69. The van der Waals surface area contributed by atoms with E-state index in [0.717, 1.165) is 28.0 Å². The first-order valence-corrected chi connectivity index (χ1v) is 19.5. The number of hydrogen-bond acceptors (Lipinski definition) is 10. The number of thioether (sulfide) groups is 1. The van der Waals surface area contributed by atoms with Crippen molar-refractivity contribution in [2.45, 2.75) is 94.7 Å². The van der Waals surface area contributed by atoms with Crippen molar-refractivity contribution in [3.05, 3.63) is 144 Å². The van der Waals surface area contributed by atoms with Crippen LogP contribution in [0.15, 0.2) is 121 Å². The molecule has 284 valence electrons. The summed E-state index contributed by atoms with van der Waals surface area (Å²) in [4.78, 5) is 0. The van der Waals surface area contributed by atoms with Crippen LogP contribution in [0.2, 0.25) is 0 Å².